The van der Waals surface area contributed by atoms with Crippen LogP contribution in [0.2, 0.25) is 0 Å². The van der Waals surface area contributed by atoms with Crippen molar-refractivity contribution in [3.05, 3.63) is 35.5 Å². The number of hydrogen-bond donors (Lipinski definition) is 2. The number of anilines is 1. The lowest BCUT2D eigenvalue weighted by Gasteiger charge is -2.10. The summed E-state index contributed by atoms with van der Waals surface area (Å²) in [6, 6.07) is 7.05. The molecule has 7 nitrogen and oxygen atoms in total. The van der Waals surface area contributed by atoms with Crippen molar-refractivity contribution >= 4 is 17.6 Å². The molecule has 1 amide bonds. The van der Waals surface area contributed by atoms with E-state index in [1.54, 1.807) is 18.2 Å². The Morgan fingerprint density at radius 2 is 2.09 bits per heavy atom. The molecule has 22 heavy (non-hydrogen) atoms. The molecule has 0 saturated heterocycles. The maximum Gasteiger partial charge on any atom is 0.325 e. The highest BCUT2D eigenvalue weighted by atomic mass is 16.5. The summed E-state index contributed by atoms with van der Waals surface area (Å²) in [7, 11) is 2.73. The molecule has 0 aliphatic rings. The van der Waals surface area contributed by atoms with Gasteiger partial charge in [-0.25, -0.2) is 0 Å². The Balaban J connectivity index is 2.82. The van der Waals surface area contributed by atoms with E-state index in [0.717, 1.165) is 11.8 Å². The van der Waals surface area contributed by atoms with Crippen LogP contribution in [0.3, 0.4) is 0 Å². The molecule has 7 heteroatoms. The Morgan fingerprint density at radius 1 is 1.36 bits per heavy atom. The third-order valence-corrected chi connectivity index (χ3v) is 2.69. The van der Waals surface area contributed by atoms with Crippen LogP contribution in [0.15, 0.2) is 30.0 Å². The first-order chi connectivity index (χ1) is 10.5. The lowest BCUT2D eigenvalue weighted by molar-refractivity contribution is -0.139. The molecular weight excluding hydrogens is 286 g/mol. The fourth-order valence-corrected chi connectivity index (χ4v) is 1.57. The van der Waals surface area contributed by atoms with Gasteiger partial charge in [-0.15, -0.1) is 0 Å². The zero-order valence-corrected chi connectivity index (χ0v) is 12.6. The van der Waals surface area contributed by atoms with E-state index < -0.39 is 11.9 Å². The van der Waals surface area contributed by atoms with Crippen LogP contribution >= 0.6 is 0 Å². The Labute approximate surface area is 128 Å². The number of carbonyl (C=O) groups is 2. The highest BCUT2D eigenvalue weighted by Crippen LogP contribution is 2.25. The molecule has 0 aliphatic carbocycles. The van der Waals surface area contributed by atoms with Crippen LogP contribution in [0.1, 0.15) is 5.56 Å². The van der Waals surface area contributed by atoms with Crippen molar-refractivity contribution in [2.75, 3.05) is 26.1 Å². The van der Waals surface area contributed by atoms with E-state index in [4.69, 9.17) is 10.00 Å². The zero-order chi connectivity index (χ0) is 16.5. The maximum absolute atomic E-state index is 12.1. The van der Waals surface area contributed by atoms with Crippen molar-refractivity contribution in [3.63, 3.8) is 0 Å². The number of ether oxygens (including phenoxy) is 2. The molecule has 1 aromatic carbocycles. The van der Waals surface area contributed by atoms with Crippen molar-refractivity contribution in [3.8, 4) is 11.8 Å². The number of nitriles is 1. The number of amides is 1. The number of benzene rings is 1. The smallest absolute Gasteiger partial charge is 0.325 e. The molecule has 116 valence electrons. The predicted molar refractivity (Wildman–Crippen MR) is 80.1 cm³/mol. The number of aryl methyl sites for hydroxylation is 1. The summed E-state index contributed by atoms with van der Waals surface area (Å²) in [5.41, 5.74) is 1.22. The second-order valence-corrected chi connectivity index (χ2v) is 4.28. The number of rotatable bonds is 6. The average Bonchev–Trinajstić information content (AvgIpc) is 2.51. The summed E-state index contributed by atoms with van der Waals surface area (Å²) in [6.45, 7) is 1.73. The van der Waals surface area contributed by atoms with Gasteiger partial charge in [0.25, 0.3) is 5.91 Å². The molecule has 0 spiro atoms. The summed E-state index contributed by atoms with van der Waals surface area (Å²) in [5.74, 6) is -0.628. The number of hydrogen-bond acceptors (Lipinski definition) is 6. The Bertz CT molecular complexity index is 632. The van der Waals surface area contributed by atoms with Gasteiger partial charge < -0.3 is 20.1 Å². The van der Waals surface area contributed by atoms with Gasteiger partial charge in [-0.05, 0) is 24.6 Å². The summed E-state index contributed by atoms with van der Waals surface area (Å²) in [4.78, 5) is 23.0. The largest absolute Gasteiger partial charge is 0.495 e. The predicted octanol–water partition coefficient (Wildman–Crippen LogP) is 1.11. The zero-order valence-electron chi connectivity index (χ0n) is 12.6. The number of nitrogens with zero attached hydrogens (tertiary/aromatic N) is 1. The van der Waals surface area contributed by atoms with Crippen molar-refractivity contribution in [1.29, 1.82) is 5.26 Å². The third-order valence-electron chi connectivity index (χ3n) is 2.69. The topological polar surface area (TPSA) is 100 Å². The maximum atomic E-state index is 12.1. The van der Waals surface area contributed by atoms with Crippen molar-refractivity contribution in [1.82, 2.24) is 5.32 Å². The second kappa shape index (κ2) is 8.32. The third kappa shape index (κ3) is 4.83. The summed E-state index contributed by atoms with van der Waals surface area (Å²) < 4.78 is 9.58. The molecular formula is C15H17N3O4. The molecule has 0 aromatic heterocycles. The quantitative estimate of drug-likeness (QED) is 0.464. The van der Waals surface area contributed by atoms with Crippen LogP contribution < -0.4 is 15.4 Å². The first-order valence-electron chi connectivity index (χ1n) is 6.38. The first kappa shape index (κ1) is 17.0. The fraction of sp³-hybridized carbons (Fsp3) is 0.267. The molecule has 2 N–H and O–H groups in total. The summed E-state index contributed by atoms with van der Waals surface area (Å²) >= 11 is 0. The van der Waals surface area contributed by atoms with E-state index in [0.29, 0.717) is 11.4 Å². The second-order valence-electron chi connectivity index (χ2n) is 4.28. The fourth-order valence-electron chi connectivity index (χ4n) is 1.57. The number of nitrogens with one attached hydrogen (secondary N) is 2. The Morgan fingerprint density at radius 3 is 2.68 bits per heavy atom. The minimum atomic E-state index is -0.608. The van der Waals surface area contributed by atoms with Crippen LogP contribution in [-0.4, -0.2) is 32.6 Å². The van der Waals surface area contributed by atoms with E-state index in [-0.39, 0.29) is 12.1 Å². The molecule has 0 fully saturated rings. The van der Waals surface area contributed by atoms with Crippen molar-refractivity contribution in [2.24, 2.45) is 0 Å². The van der Waals surface area contributed by atoms with Gasteiger partial charge >= 0.3 is 5.97 Å². The van der Waals surface area contributed by atoms with E-state index in [9.17, 15) is 9.59 Å². The highest BCUT2D eigenvalue weighted by Gasteiger charge is 2.12. The van der Waals surface area contributed by atoms with Crippen molar-refractivity contribution < 1.29 is 19.1 Å². The van der Waals surface area contributed by atoms with Crippen LogP contribution in [-0.2, 0) is 14.3 Å². The summed E-state index contributed by atoms with van der Waals surface area (Å²) in [6.07, 6.45) is 1.16. The van der Waals surface area contributed by atoms with Crippen LogP contribution in [0.5, 0.6) is 5.75 Å². The Hall–Kier alpha value is -3.01. The minimum absolute atomic E-state index is 0.136. The average molecular weight is 303 g/mol. The Kier molecular flexibility index (Phi) is 6.44. The molecule has 0 heterocycles. The SMILES string of the molecule is COC(=O)CN/C=C(/C#N)C(=O)Nc1cc(C)ccc1OC. The number of esters is 1. The molecule has 0 unspecified atom stereocenters. The van der Waals surface area contributed by atoms with Gasteiger partial charge in [0, 0.05) is 6.20 Å². The lowest BCUT2D eigenvalue weighted by Crippen LogP contribution is -2.22. The first-order valence-corrected chi connectivity index (χ1v) is 6.38. The number of carbonyl (C=O) groups excluding carboxylic acids is 2. The molecule has 0 radical (unpaired) electrons. The highest BCUT2D eigenvalue weighted by molar-refractivity contribution is 6.07. The summed E-state index contributed by atoms with van der Waals surface area (Å²) in [5, 5.41) is 14.1. The van der Waals surface area contributed by atoms with E-state index >= 15 is 0 Å². The van der Waals surface area contributed by atoms with Crippen molar-refractivity contribution in [2.45, 2.75) is 6.92 Å². The van der Waals surface area contributed by atoms with Gasteiger partial charge in [0.2, 0.25) is 0 Å². The normalized spacial score (nSPS) is 10.4. The van der Waals surface area contributed by atoms with Crippen LogP contribution in [0.4, 0.5) is 5.69 Å². The molecule has 1 rings (SSSR count). The van der Waals surface area contributed by atoms with E-state index in [1.807, 2.05) is 13.0 Å². The monoisotopic (exact) mass is 303 g/mol. The minimum Gasteiger partial charge on any atom is -0.495 e. The van der Waals surface area contributed by atoms with Gasteiger partial charge in [0.1, 0.15) is 23.9 Å². The van der Waals surface area contributed by atoms with Gasteiger partial charge in [-0.3, -0.25) is 9.59 Å². The van der Waals surface area contributed by atoms with E-state index in [1.165, 1.54) is 14.2 Å². The molecule has 0 bridgehead atoms. The van der Waals surface area contributed by atoms with E-state index in [2.05, 4.69) is 15.4 Å². The van der Waals surface area contributed by atoms with Gasteiger partial charge in [0.05, 0.1) is 19.9 Å². The van der Waals surface area contributed by atoms with Gasteiger partial charge in [-0.2, -0.15) is 5.26 Å². The van der Waals surface area contributed by atoms with Crippen LogP contribution in [0, 0.1) is 18.3 Å². The van der Waals surface area contributed by atoms with Gasteiger partial charge in [-0.1, -0.05) is 6.07 Å². The molecule has 0 aliphatic heterocycles. The van der Waals surface area contributed by atoms with Crippen LogP contribution in [0.25, 0.3) is 0 Å². The van der Waals surface area contributed by atoms with Gasteiger partial charge in [0.15, 0.2) is 0 Å². The number of methoxy groups -OCH3 is 2. The lowest BCUT2D eigenvalue weighted by atomic mass is 10.2. The molecule has 1 aromatic rings. The molecule has 0 atom stereocenters. The molecule has 0 saturated carbocycles. The standard InChI is InChI=1S/C15H17N3O4/c1-10-4-5-13(21-2)12(6-10)18-15(20)11(7-16)8-17-9-14(19)22-3/h4-6,8,17H,9H2,1-3H3,(H,18,20)/b11-8-.